The molecule has 0 aliphatic rings. The molecule has 0 aliphatic carbocycles. The molecule has 0 heterocycles. The van der Waals surface area contributed by atoms with Crippen LogP contribution in [0, 0.1) is 5.82 Å². The Morgan fingerprint density at radius 3 is 2.50 bits per heavy atom. The topological polar surface area (TPSA) is 70.2 Å². The lowest BCUT2D eigenvalue weighted by Crippen LogP contribution is -2.43. The summed E-state index contributed by atoms with van der Waals surface area (Å²) in [6, 6.07) is 3.50. The van der Waals surface area contributed by atoms with Crippen LogP contribution in [0.15, 0.2) is 18.2 Å². The summed E-state index contributed by atoms with van der Waals surface area (Å²) in [6.07, 6.45) is 0. The molecule has 1 atom stereocenters. The van der Waals surface area contributed by atoms with Gasteiger partial charge in [0, 0.05) is 14.1 Å². The molecule has 0 saturated carbocycles. The van der Waals surface area contributed by atoms with Crippen molar-refractivity contribution in [1.29, 1.82) is 0 Å². The Hall–Kier alpha value is -2.11. The highest BCUT2D eigenvalue weighted by molar-refractivity contribution is 6.01. The minimum atomic E-state index is -0.685. The van der Waals surface area contributed by atoms with E-state index in [2.05, 4.69) is 16.0 Å². The predicted octanol–water partition coefficient (Wildman–Crippen LogP) is 0.732. The summed E-state index contributed by atoms with van der Waals surface area (Å²) >= 11 is 0. The molecule has 5 nitrogen and oxygen atoms in total. The highest BCUT2D eigenvalue weighted by Crippen LogP contribution is 2.19. The first-order chi connectivity index (χ1) is 8.51. The van der Waals surface area contributed by atoms with Crippen LogP contribution < -0.4 is 16.0 Å². The number of halogens is 1. The summed E-state index contributed by atoms with van der Waals surface area (Å²) < 4.78 is 13.5. The summed E-state index contributed by atoms with van der Waals surface area (Å²) in [4.78, 5) is 23.2. The minimum absolute atomic E-state index is 0.110. The van der Waals surface area contributed by atoms with Gasteiger partial charge in [0.05, 0.1) is 11.3 Å². The zero-order valence-electron chi connectivity index (χ0n) is 10.5. The van der Waals surface area contributed by atoms with Crippen LogP contribution in [0.2, 0.25) is 0 Å². The van der Waals surface area contributed by atoms with E-state index >= 15 is 0 Å². The molecule has 1 aromatic rings. The highest BCUT2D eigenvalue weighted by Gasteiger charge is 2.18. The lowest BCUT2D eigenvalue weighted by molar-refractivity contribution is -0.122. The van der Waals surface area contributed by atoms with Crippen molar-refractivity contribution in [1.82, 2.24) is 10.6 Å². The van der Waals surface area contributed by atoms with Crippen LogP contribution in [0.5, 0.6) is 0 Å². The van der Waals surface area contributed by atoms with E-state index in [1.54, 1.807) is 6.92 Å². The zero-order chi connectivity index (χ0) is 13.7. The van der Waals surface area contributed by atoms with Crippen LogP contribution in [0.4, 0.5) is 10.1 Å². The third-order valence-electron chi connectivity index (χ3n) is 2.50. The Bertz CT molecular complexity index is 463. The molecule has 6 heteroatoms. The largest absolute Gasteiger partial charge is 0.385 e. The van der Waals surface area contributed by atoms with E-state index in [-0.39, 0.29) is 17.2 Å². The van der Waals surface area contributed by atoms with E-state index in [0.717, 1.165) is 0 Å². The third kappa shape index (κ3) is 2.97. The molecule has 0 radical (unpaired) electrons. The molecule has 0 aliphatic heterocycles. The first kappa shape index (κ1) is 14.0. The lowest BCUT2D eigenvalue weighted by Gasteiger charge is -2.14. The number of benzene rings is 1. The van der Waals surface area contributed by atoms with Crippen molar-refractivity contribution in [2.24, 2.45) is 0 Å². The molecule has 1 unspecified atom stereocenters. The fourth-order valence-electron chi connectivity index (χ4n) is 1.52. The van der Waals surface area contributed by atoms with Crippen molar-refractivity contribution < 1.29 is 14.0 Å². The summed E-state index contributed by atoms with van der Waals surface area (Å²) in [7, 11) is 3.00. The maximum absolute atomic E-state index is 13.5. The van der Waals surface area contributed by atoms with E-state index in [1.165, 1.54) is 32.3 Å². The average molecular weight is 253 g/mol. The molecule has 3 N–H and O–H groups in total. The molecule has 0 spiro atoms. The number of anilines is 1. The van der Waals surface area contributed by atoms with Gasteiger partial charge in [-0.3, -0.25) is 9.59 Å². The Balaban J connectivity index is 2.91. The molecule has 0 bridgehead atoms. The maximum Gasteiger partial charge on any atom is 0.254 e. The van der Waals surface area contributed by atoms with Crippen LogP contribution >= 0.6 is 0 Å². The molecule has 0 saturated heterocycles. The summed E-state index contributed by atoms with van der Waals surface area (Å²) in [5.41, 5.74) is 0.271. The Morgan fingerprint density at radius 1 is 1.28 bits per heavy atom. The van der Waals surface area contributed by atoms with Gasteiger partial charge >= 0.3 is 0 Å². The number of likely N-dealkylation sites (N-methyl/N-ethyl adjacent to an activating group) is 1. The first-order valence-corrected chi connectivity index (χ1v) is 5.50. The second kappa shape index (κ2) is 6.00. The summed E-state index contributed by atoms with van der Waals surface area (Å²) in [5.74, 6) is -1.33. The lowest BCUT2D eigenvalue weighted by atomic mass is 10.1. The molecule has 98 valence electrons. The molecule has 2 amide bonds. The van der Waals surface area contributed by atoms with Crippen molar-refractivity contribution in [3.8, 4) is 0 Å². The van der Waals surface area contributed by atoms with Crippen molar-refractivity contribution in [3.63, 3.8) is 0 Å². The minimum Gasteiger partial charge on any atom is -0.385 e. The van der Waals surface area contributed by atoms with Crippen LogP contribution in [0.3, 0.4) is 0 Å². The van der Waals surface area contributed by atoms with E-state index < -0.39 is 17.8 Å². The molecule has 0 fully saturated rings. The van der Waals surface area contributed by atoms with Crippen molar-refractivity contribution in [2.75, 3.05) is 19.4 Å². The summed E-state index contributed by atoms with van der Waals surface area (Å²) in [5, 5.41) is 7.53. The number of hydrogen-bond donors (Lipinski definition) is 3. The fraction of sp³-hybridized carbons (Fsp3) is 0.333. The van der Waals surface area contributed by atoms with Gasteiger partial charge in [0.25, 0.3) is 5.91 Å². The molecular formula is C12H16FN3O2. The summed E-state index contributed by atoms with van der Waals surface area (Å²) in [6.45, 7) is 1.55. The van der Waals surface area contributed by atoms with Gasteiger partial charge in [0.1, 0.15) is 11.9 Å². The number of rotatable bonds is 4. The van der Waals surface area contributed by atoms with Crippen molar-refractivity contribution in [3.05, 3.63) is 29.6 Å². The van der Waals surface area contributed by atoms with Gasteiger partial charge in [-0.05, 0) is 19.1 Å². The number of hydrogen-bond acceptors (Lipinski definition) is 3. The van der Waals surface area contributed by atoms with Gasteiger partial charge in [-0.1, -0.05) is 6.07 Å². The van der Waals surface area contributed by atoms with Gasteiger partial charge in [-0.15, -0.1) is 0 Å². The Kier molecular flexibility index (Phi) is 4.65. The van der Waals surface area contributed by atoms with Crippen LogP contribution in [-0.2, 0) is 4.79 Å². The van der Waals surface area contributed by atoms with Crippen LogP contribution in [0.1, 0.15) is 17.3 Å². The number of para-hydroxylation sites is 1. The number of nitrogens with one attached hydrogen (secondary N) is 3. The van der Waals surface area contributed by atoms with E-state index in [9.17, 15) is 14.0 Å². The van der Waals surface area contributed by atoms with Crippen LogP contribution in [-0.4, -0.2) is 32.0 Å². The molecular weight excluding hydrogens is 237 g/mol. The van der Waals surface area contributed by atoms with Gasteiger partial charge in [-0.2, -0.15) is 0 Å². The maximum atomic E-state index is 13.5. The number of amides is 2. The zero-order valence-corrected chi connectivity index (χ0v) is 10.5. The quantitative estimate of drug-likeness (QED) is 0.741. The fourth-order valence-corrected chi connectivity index (χ4v) is 1.52. The monoisotopic (exact) mass is 253 g/mol. The average Bonchev–Trinajstić information content (AvgIpc) is 2.37. The Labute approximate surface area is 105 Å². The molecule has 18 heavy (non-hydrogen) atoms. The molecule has 1 aromatic carbocycles. The second-order valence-electron chi connectivity index (χ2n) is 3.72. The van der Waals surface area contributed by atoms with Gasteiger partial charge in [0.15, 0.2) is 0 Å². The number of carbonyl (C=O) groups excluding carboxylic acids is 2. The van der Waals surface area contributed by atoms with Gasteiger partial charge < -0.3 is 16.0 Å². The highest BCUT2D eigenvalue weighted by atomic mass is 19.1. The van der Waals surface area contributed by atoms with Gasteiger partial charge in [0.2, 0.25) is 5.91 Å². The van der Waals surface area contributed by atoms with E-state index in [4.69, 9.17) is 0 Å². The Morgan fingerprint density at radius 2 is 1.94 bits per heavy atom. The smallest absolute Gasteiger partial charge is 0.254 e. The SMILES string of the molecule is CNC(=O)C(C)NC(=O)c1cccc(F)c1NC. The van der Waals surface area contributed by atoms with E-state index in [0.29, 0.717) is 0 Å². The van der Waals surface area contributed by atoms with E-state index in [1.807, 2.05) is 0 Å². The normalized spacial score (nSPS) is 11.6. The first-order valence-electron chi connectivity index (χ1n) is 5.50. The second-order valence-corrected chi connectivity index (χ2v) is 3.72. The van der Waals surface area contributed by atoms with Gasteiger partial charge in [-0.25, -0.2) is 4.39 Å². The molecule has 1 rings (SSSR count). The van der Waals surface area contributed by atoms with Crippen LogP contribution in [0.25, 0.3) is 0 Å². The predicted molar refractivity (Wildman–Crippen MR) is 66.9 cm³/mol. The van der Waals surface area contributed by atoms with Crippen molar-refractivity contribution >= 4 is 17.5 Å². The molecule has 0 aromatic heterocycles. The number of carbonyl (C=O) groups is 2. The third-order valence-corrected chi connectivity index (χ3v) is 2.50. The van der Waals surface area contributed by atoms with Crippen molar-refractivity contribution in [2.45, 2.75) is 13.0 Å². The standard InChI is InChI=1S/C12H16FN3O2/c1-7(11(17)15-3)16-12(18)8-5-4-6-9(13)10(8)14-2/h4-7,14H,1-3H3,(H,15,17)(H,16,18).